The van der Waals surface area contributed by atoms with Gasteiger partial charge in [-0.3, -0.25) is 9.78 Å². The van der Waals surface area contributed by atoms with Crippen molar-refractivity contribution < 1.29 is 14.3 Å². The highest BCUT2D eigenvalue weighted by atomic mass is 32.1. The van der Waals surface area contributed by atoms with Gasteiger partial charge in [-0.25, -0.2) is 0 Å². The average Bonchev–Trinajstić information content (AvgIpc) is 2.91. The van der Waals surface area contributed by atoms with E-state index in [9.17, 15) is 4.79 Å². The molecule has 0 unspecified atom stereocenters. The fraction of sp³-hybridized carbons (Fsp3) is 0.167. The summed E-state index contributed by atoms with van der Waals surface area (Å²) >= 11 is 1.33. The summed E-state index contributed by atoms with van der Waals surface area (Å²) in [6.07, 6.45) is 1.57. The third-order valence-electron chi connectivity index (χ3n) is 2.46. The summed E-state index contributed by atoms with van der Waals surface area (Å²) in [5.41, 5.74) is 2.24. The Balaban J connectivity index is 1.96. The van der Waals surface area contributed by atoms with Gasteiger partial charge < -0.3 is 9.47 Å². The van der Waals surface area contributed by atoms with Gasteiger partial charge in [0.2, 0.25) is 5.78 Å². The first-order valence-corrected chi connectivity index (χ1v) is 6.05. The minimum Gasteiger partial charge on any atom is -0.486 e. The second-order valence-corrected chi connectivity index (χ2v) is 4.44. The van der Waals surface area contributed by atoms with Crippen molar-refractivity contribution in [1.29, 1.82) is 0 Å². The summed E-state index contributed by atoms with van der Waals surface area (Å²) < 4.78 is 10.8. The molecule has 2 heterocycles. The first-order chi connectivity index (χ1) is 8.34. The van der Waals surface area contributed by atoms with Crippen LogP contribution in [0.15, 0.2) is 29.9 Å². The smallest absolute Gasteiger partial charge is 0.204 e. The Bertz CT molecular complexity index is 551. The van der Waals surface area contributed by atoms with Gasteiger partial charge in [-0.2, -0.15) is 0 Å². The number of hydrogen-bond acceptors (Lipinski definition) is 5. The maximum atomic E-state index is 12.1. The van der Waals surface area contributed by atoms with Crippen LogP contribution in [0.2, 0.25) is 0 Å². The highest BCUT2D eigenvalue weighted by Crippen LogP contribution is 2.31. The highest BCUT2D eigenvalue weighted by Gasteiger charge is 2.16. The molecule has 0 atom stereocenters. The lowest BCUT2D eigenvalue weighted by Gasteiger charge is -2.18. The van der Waals surface area contributed by atoms with Crippen LogP contribution in [-0.2, 0) is 0 Å². The predicted octanol–water partition coefficient (Wildman–Crippen LogP) is 2.15. The first kappa shape index (κ1) is 10.3. The first-order valence-electron chi connectivity index (χ1n) is 5.17. The molecule has 1 aliphatic rings. The number of rotatable bonds is 2. The van der Waals surface area contributed by atoms with E-state index >= 15 is 0 Å². The molecule has 0 radical (unpaired) electrons. The van der Waals surface area contributed by atoms with E-state index in [1.807, 2.05) is 0 Å². The van der Waals surface area contributed by atoms with Gasteiger partial charge in [-0.1, -0.05) is 0 Å². The molecular formula is C12H9NO3S. The lowest BCUT2D eigenvalue weighted by Crippen LogP contribution is -2.15. The van der Waals surface area contributed by atoms with Crippen molar-refractivity contribution in [2.45, 2.75) is 0 Å². The number of carbonyl (C=O) groups excluding carboxylic acids is 1. The van der Waals surface area contributed by atoms with E-state index in [0.717, 1.165) is 0 Å². The zero-order chi connectivity index (χ0) is 11.7. The second-order valence-electron chi connectivity index (χ2n) is 3.55. The van der Waals surface area contributed by atoms with E-state index in [1.54, 1.807) is 29.9 Å². The number of nitrogens with zero attached hydrogens (tertiary/aromatic N) is 1. The molecule has 86 valence electrons. The van der Waals surface area contributed by atoms with Crippen molar-refractivity contribution in [3.8, 4) is 11.5 Å². The molecule has 4 nitrogen and oxygen atoms in total. The Morgan fingerprint density at radius 1 is 1.24 bits per heavy atom. The minimum atomic E-state index is -0.0375. The van der Waals surface area contributed by atoms with E-state index in [4.69, 9.17) is 9.47 Å². The molecule has 0 amide bonds. The Labute approximate surface area is 102 Å². The monoisotopic (exact) mass is 247 g/mol. The molecular weight excluding hydrogens is 238 g/mol. The summed E-state index contributed by atoms with van der Waals surface area (Å²) in [5.74, 6) is 1.29. The van der Waals surface area contributed by atoms with Gasteiger partial charge in [-0.15, -0.1) is 11.3 Å². The highest BCUT2D eigenvalue weighted by molar-refractivity contribution is 7.11. The maximum Gasteiger partial charge on any atom is 0.204 e. The van der Waals surface area contributed by atoms with Gasteiger partial charge >= 0.3 is 0 Å². The molecule has 0 aliphatic carbocycles. The van der Waals surface area contributed by atoms with Gasteiger partial charge in [0.05, 0.1) is 10.4 Å². The van der Waals surface area contributed by atoms with E-state index in [2.05, 4.69) is 4.98 Å². The molecule has 2 aromatic rings. The molecule has 0 saturated heterocycles. The fourth-order valence-corrected chi connectivity index (χ4v) is 2.24. The quantitative estimate of drug-likeness (QED) is 0.763. The Morgan fingerprint density at radius 2 is 2.06 bits per heavy atom. The Kier molecular flexibility index (Phi) is 2.53. The van der Waals surface area contributed by atoms with E-state index in [-0.39, 0.29) is 5.78 Å². The average molecular weight is 247 g/mol. The molecule has 1 aromatic heterocycles. The van der Waals surface area contributed by atoms with Crippen LogP contribution in [0, 0.1) is 0 Å². The Morgan fingerprint density at radius 3 is 2.82 bits per heavy atom. The zero-order valence-corrected chi connectivity index (χ0v) is 9.70. The molecule has 0 saturated carbocycles. The molecule has 1 aliphatic heterocycles. The number of benzene rings is 1. The topological polar surface area (TPSA) is 48.4 Å². The number of ether oxygens (including phenoxy) is 2. The standard InChI is InChI=1S/C12H9NO3S/c14-12(11-6-13-7-17-11)8-1-2-9-10(5-8)16-4-3-15-9/h1-2,5-7H,3-4H2. The van der Waals surface area contributed by atoms with E-state index in [1.165, 1.54) is 11.3 Å². The third-order valence-corrected chi connectivity index (χ3v) is 3.23. The number of carbonyl (C=O) groups is 1. The summed E-state index contributed by atoms with van der Waals surface area (Å²) in [7, 11) is 0. The Hall–Kier alpha value is -1.88. The molecule has 1 aromatic carbocycles. The van der Waals surface area contributed by atoms with Crippen LogP contribution in [0.4, 0.5) is 0 Å². The van der Waals surface area contributed by atoms with Crippen LogP contribution in [0.3, 0.4) is 0 Å². The fourth-order valence-electron chi connectivity index (χ4n) is 1.65. The maximum absolute atomic E-state index is 12.1. The minimum absolute atomic E-state index is 0.0375. The summed E-state index contributed by atoms with van der Waals surface area (Å²) in [4.78, 5) is 16.6. The van der Waals surface area contributed by atoms with Gasteiger partial charge in [0, 0.05) is 11.8 Å². The number of aromatic nitrogens is 1. The van der Waals surface area contributed by atoms with Crippen molar-refractivity contribution in [2.75, 3.05) is 13.2 Å². The molecule has 0 bridgehead atoms. The third kappa shape index (κ3) is 1.89. The van der Waals surface area contributed by atoms with Crippen LogP contribution in [0.25, 0.3) is 0 Å². The van der Waals surface area contributed by atoms with Crippen molar-refractivity contribution in [3.05, 3.63) is 40.3 Å². The molecule has 17 heavy (non-hydrogen) atoms. The normalized spacial score (nSPS) is 13.4. The lowest BCUT2D eigenvalue weighted by molar-refractivity contribution is 0.104. The summed E-state index contributed by atoms with van der Waals surface area (Å²) in [6.45, 7) is 1.07. The predicted molar refractivity (Wildman–Crippen MR) is 63.0 cm³/mol. The van der Waals surface area contributed by atoms with Crippen LogP contribution in [0.5, 0.6) is 11.5 Å². The molecule has 5 heteroatoms. The van der Waals surface area contributed by atoms with Gasteiger partial charge in [0.25, 0.3) is 0 Å². The van der Waals surface area contributed by atoms with Gasteiger partial charge in [0.15, 0.2) is 11.5 Å². The molecule has 0 N–H and O–H groups in total. The number of thiazole rings is 1. The second kappa shape index (κ2) is 4.18. The van der Waals surface area contributed by atoms with Gasteiger partial charge in [0.1, 0.15) is 13.2 Å². The van der Waals surface area contributed by atoms with Crippen LogP contribution in [0.1, 0.15) is 15.2 Å². The van der Waals surface area contributed by atoms with E-state index in [0.29, 0.717) is 35.2 Å². The van der Waals surface area contributed by atoms with Crippen LogP contribution < -0.4 is 9.47 Å². The number of hydrogen-bond donors (Lipinski definition) is 0. The lowest BCUT2D eigenvalue weighted by atomic mass is 10.1. The van der Waals surface area contributed by atoms with Crippen LogP contribution in [-0.4, -0.2) is 24.0 Å². The SMILES string of the molecule is O=C(c1ccc2c(c1)OCCO2)c1cncs1. The number of ketones is 1. The molecule has 0 fully saturated rings. The summed E-state index contributed by atoms with van der Waals surface area (Å²) in [5, 5.41) is 0. The van der Waals surface area contributed by atoms with Crippen LogP contribution >= 0.6 is 11.3 Å². The van der Waals surface area contributed by atoms with Gasteiger partial charge in [-0.05, 0) is 18.2 Å². The number of fused-ring (bicyclic) bond motifs is 1. The van der Waals surface area contributed by atoms with E-state index < -0.39 is 0 Å². The molecule has 0 spiro atoms. The zero-order valence-electron chi connectivity index (χ0n) is 8.88. The van der Waals surface area contributed by atoms with Crippen molar-refractivity contribution in [2.24, 2.45) is 0 Å². The summed E-state index contributed by atoms with van der Waals surface area (Å²) in [6, 6.07) is 5.23. The van der Waals surface area contributed by atoms with Crippen molar-refractivity contribution in [1.82, 2.24) is 4.98 Å². The van der Waals surface area contributed by atoms with Crippen molar-refractivity contribution >= 4 is 17.1 Å². The van der Waals surface area contributed by atoms with Crippen molar-refractivity contribution in [3.63, 3.8) is 0 Å². The largest absolute Gasteiger partial charge is 0.486 e. The molecule has 3 rings (SSSR count).